The van der Waals surface area contributed by atoms with E-state index < -0.39 is 0 Å². The molecule has 2 aromatic rings. The minimum Gasteiger partial charge on any atom is -0.380 e. The van der Waals surface area contributed by atoms with Crippen molar-refractivity contribution in [2.75, 3.05) is 46.4 Å². The molecule has 0 saturated carbocycles. The molecule has 164 valence electrons. The van der Waals surface area contributed by atoms with E-state index in [-0.39, 0.29) is 24.8 Å². The van der Waals surface area contributed by atoms with Gasteiger partial charge < -0.3 is 19.5 Å². The van der Waals surface area contributed by atoms with E-state index in [1.165, 1.54) is 6.42 Å². The number of likely N-dealkylation sites (N-methyl/N-ethyl adjacent to an activating group) is 1. The molecule has 1 atom stereocenters. The van der Waals surface area contributed by atoms with E-state index in [0.717, 1.165) is 75.3 Å². The van der Waals surface area contributed by atoms with E-state index in [4.69, 9.17) is 19.8 Å². The third kappa shape index (κ3) is 5.70. The van der Waals surface area contributed by atoms with Crippen molar-refractivity contribution in [3.63, 3.8) is 0 Å². The van der Waals surface area contributed by atoms with Crippen LogP contribution in [0.5, 0.6) is 0 Å². The number of fused-ring (bicyclic) bond motifs is 1. The Hall–Kier alpha value is -1.19. The highest BCUT2D eigenvalue weighted by atomic mass is 35.5. The van der Waals surface area contributed by atoms with Crippen molar-refractivity contribution in [3.8, 4) is 11.5 Å². The summed E-state index contributed by atoms with van der Waals surface area (Å²) in [5, 5.41) is 8.30. The molecule has 29 heavy (non-hydrogen) atoms. The Morgan fingerprint density at radius 2 is 2.07 bits per heavy atom. The van der Waals surface area contributed by atoms with E-state index in [1.54, 1.807) is 0 Å². The Morgan fingerprint density at radius 3 is 2.86 bits per heavy atom. The molecule has 1 unspecified atom stereocenters. The molecule has 0 radical (unpaired) electrons. The second-order valence-electron chi connectivity index (χ2n) is 7.55. The number of halogens is 2. The van der Waals surface area contributed by atoms with Crippen LogP contribution in [0.4, 0.5) is 0 Å². The molecule has 4 heterocycles. The van der Waals surface area contributed by atoms with Gasteiger partial charge in [-0.15, -0.1) is 24.8 Å². The predicted molar refractivity (Wildman–Crippen MR) is 118 cm³/mol. The van der Waals surface area contributed by atoms with Crippen molar-refractivity contribution < 1.29 is 4.74 Å². The van der Waals surface area contributed by atoms with E-state index in [0.29, 0.717) is 19.1 Å². The van der Waals surface area contributed by atoms with Gasteiger partial charge in [0.2, 0.25) is 0 Å². The molecule has 0 amide bonds. The molecule has 2 aliphatic rings. The fourth-order valence-corrected chi connectivity index (χ4v) is 4.03. The Morgan fingerprint density at radius 1 is 1.21 bits per heavy atom. The van der Waals surface area contributed by atoms with E-state index >= 15 is 0 Å². The Kier molecular flexibility index (Phi) is 9.36. The highest BCUT2D eigenvalue weighted by Gasteiger charge is 2.25. The number of likely N-dealkylation sites (tertiary alicyclic amines) is 1. The highest BCUT2D eigenvalue weighted by Crippen LogP contribution is 2.26. The lowest BCUT2D eigenvalue weighted by molar-refractivity contribution is 0.136. The van der Waals surface area contributed by atoms with Crippen molar-refractivity contribution in [2.45, 2.75) is 45.2 Å². The SMILES string of the molecule is CCOCCn1nc(C2CCCN(C)C2)nc1-c1cn2c(n1)CCNCC2.Cl.Cl. The largest absolute Gasteiger partial charge is 0.380 e. The molecule has 10 heteroatoms. The van der Waals surface area contributed by atoms with Crippen LogP contribution in [-0.4, -0.2) is 75.7 Å². The van der Waals surface area contributed by atoms with Gasteiger partial charge in [-0.05, 0) is 33.4 Å². The van der Waals surface area contributed by atoms with Crippen LogP contribution in [0.2, 0.25) is 0 Å². The van der Waals surface area contributed by atoms with Gasteiger partial charge in [-0.25, -0.2) is 14.6 Å². The maximum atomic E-state index is 5.57. The quantitative estimate of drug-likeness (QED) is 0.685. The Labute approximate surface area is 185 Å². The second-order valence-corrected chi connectivity index (χ2v) is 7.55. The van der Waals surface area contributed by atoms with E-state index in [1.807, 2.05) is 11.6 Å². The van der Waals surface area contributed by atoms with Crippen LogP contribution < -0.4 is 5.32 Å². The number of nitrogens with zero attached hydrogens (tertiary/aromatic N) is 6. The maximum Gasteiger partial charge on any atom is 0.178 e. The normalized spacial score (nSPS) is 19.7. The molecule has 1 N–H and O–H groups in total. The van der Waals surface area contributed by atoms with Crippen molar-refractivity contribution in [1.82, 2.24) is 34.5 Å². The molecule has 1 saturated heterocycles. The third-order valence-corrected chi connectivity index (χ3v) is 5.47. The minimum atomic E-state index is 0. The smallest absolute Gasteiger partial charge is 0.178 e. The number of hydrogen-bond acceptors (Lipinski definition) is 6. The van der Waals surface area contributed by atoms with E-state index in [9.17, 15) is 0 Å². The van der Waals surface area contributed by atoms with Crippen LogP contribution in [0.25, 0.3) is 11.5 Å². The molecule has 0 aromatic carbocycles. The number of aromatic nitrogens is 5. The molecule has 0 bridgehead atoms. The summed E-state index contributed by atoms with van der Waals surface area (Å²) in [4.78, 5) is 12.2. The number of ether oxygens (including phenoxy) is 1. The average molecular weight is 446 g/mol. The second kappa shape index (κ2) is 11.3. The van der Waals surface area contributed by atoms with Crippen molar-refractivity contribution >= 4 is 24.8 Å². The van der Waals surface area contributed by atoms with Gasteiger partial charge in [0.1, 0.15) is 11.5 Å². The van der Waals surface area contributed by atoms with Crippen molar-refractivity contribution in [1.29, 1.82) is 0 Å². The zero-order valence-corrected chi connectivity index (χ0v) is 19.0. The minimum absolute atomic E-state index is 0. The van der Waals surface area contributed by atoms with Gasteiger partial charge in [0, 0.05) is 51.3 Å². The monoisotopic (exact) mass is 445 g/mol. The fourth-order valence-electron chi connectivity index (χ4n) is 4.03. The molecule has 1 fully saturated rings. The summed E-state index contributed by atoms with van der Waals surface area (Å²) in [7, 11) is 2.18. The van der Waals surface area contributed by atoms with Crippen LogP contribution in [-0.2, 0) is 24.2 Å². The van der Waals surface area contributed by atoms with Crippen LogP contribution in [0, 0.1) is 0 Å². The van der Waals surface area contributed by atoms with Gasteiger partial charge in [0.05, 0.1) is 13.2 Å². The summed E-state index contributed by atoms with van der Waals surface area (Å²) in [5.74, 6) is 3.37. The number of piperidine rings is 1. The van der Waals surface area contributed by atoms with Gasteiger partial charge in [0.15, 0.2) is 11.6 Å². The lowest BCUT2D eigenvalue weighted by Gasteiger charge is -2.27. The zero-order chi connectivity index (χ0) is 18.6. The van der Waals surface area contributed by atoms with Crippen molar-refractivity contribution in [2.24, 2.45) is 0 Å². The number of imidazole rings is 1. The summed E-state index contributed by atoms with van der Waals surface area (Å²) in [6, 6.07) is 0. The van der Waals surface area contributed by atoms with Gasteiger partial charge in [-0.3, -0.25) is 0 Å². The van der Waals surface area contributed by atoms with E-state index in [2.05, 4.69) is 28.0 Å². The summed E-state index contributed by atoms with van der Waals surface area (Å²) >= 11 is 0. The first-order valence-electron chi connectivity index (χ1n) is 10.2. The molecular weight excluding hydrogens is 413 g/mol. The van der Waals surface area contributed by atoms with Crippen LogP contribution in [0.15, 0.2) is 6.20 Å². The molecule has 4 rings (SSSR count). The van der Waals surface area contributed by atoms with Crippen LogP contribution >= 0.6 is 24.8 Å². The summed E-state index contributed by atoms with van der Waals surface area (Å²) < 4.78 is 9.82. The van der Waals surface area contributed by atoms with Gasteiger partial charge in [-0.2, -0.15) is 5.10 Å². The fraction of sp³-hybridized carbons (Fsp3) is 0.737. The lowest BCUT2D eigenvalue weighted by atomic mass is 9.98. The standard InChI is InChI=1S/C19H31N7O.2ClH/c1-3-27-12-11-26-19(16-14-25-10-8-20-7-6-17(25)21-16)22-18(23-26)15-5-4-9-24(2)13-15;;/h14-15,20H,3-13H2,1-2H3;2*1H. The molecule has 2 aliphatic heterocycles. The molecule has 8 nitrogen and oxygen atoms in total. The average Bonchev–Trinajstić information content (AvgIpc) is 3.20. The summed E-state index contributed by atoms with van der Waals surface area (Å²) in [6.07, 6.45) is 5.45. The zero-order valence-electron chi connectivity index (χ0n) is 17.3. The number of nitrogens with one attached hydrogen (secondary N) is 1. The lowest BCUT2D eigenvalue weighted by Crippen LogP contribution is -2.31. The first-order valence-corrected chi connectivity index (χ1v) is 10.2. The predicted octanol–water partition coefficient (Wildman–Crippen LogP) is 1.98. The number of rotatable bonds is 6. The molecule has 0 aliphatic carbocycles. The Bertz CT molecular complexity index is 740. The molecule has 2 aromatic heterocycles. The molecule has 0 spiro atoms. The first-order chi connectivity index (χ1) is 13.2. The highest BCUT2D eigenvalue weighted by molar-refractivity contribution is 5.85. The van der Waals surface area contributed by atoms with Gasteiger partial charge >= 0.3 is 0 Å². The first kappa shape index (κ1) is 24.1. The maximum absolute atomic E-state index is 5.57. The molecular formula is C19H33Cl2N7O. The van der Waals surface area contributed by atoms with Gasteiger partial charge in [-0.1, -0.05) is 0 Å². The van der Waals surface area contributed by atoms with Crippen molar-refractivity contribution in [3.05, 3.63) is 17.8 Å². The number of hydrogen-bond donors (Lipinski definition) is 1. The third-order valence-electron chi connectivity index (χ3n) is 5.47. The summed E-state index contributed by atoms with van der Waals surface area (Å²) in [6.45, 7) is 9.21. The summed E-state index contributed by atoms with van der Waals surface area (Å²) in [5.41, 5.74) is 0.936. The topological polar surface area (TPSA) is 73.0 Å². The van der Waals surface area contributed by atoms with Crippen LogP contribution in [0.1, 0.15) is 37.3 Å². The Balaban J connectivity index is 0.00000150. The van der Waals surface area contributed by atoms with Crippen LogP contribution in [0.3, 0.4) is 0 Å². The van der Waals surface area contributed by atoms with Gasteiger partial charge in [0.25, 0.3) is 0 Å².